The first kappa shape index (κ1) is 25.6. The van der Waals surface area contributed by atoms with Crippen LogP contribution in [-0.2, 0) is 14.3 Å². The highest BCUT2D eigenvalue weighted by molar-refractivity contribution is 5.86. The van der Waals surface area contributed by atoms with Crippen molar-refractivity contribution >= 4 is 5.78 Å². The van der Waals surface area contributed by atoms with E-state index in [1.807, 2.05) is 20.9 Å². The van der Waals surface area contributed by atoms with Gasteiger partial charge in [-0.15, -0.1) is 0 Å². The van der Waals surface area contributed by atoms with Crippen LogP contribution in [0.5, 0.6) is 0 Å². The number of nitrogens with one attached hydrogen (secondary N) is 1. The summed E-state index contributed by atoms with van der Waals surface area (Å²) in [6.45, 7) is 23.2. The number of Topliss-reactive ketones (excluding diaryl/α,β-unsaturated/α-hetero) is 1. The Bertz CT molecular complexity index is 427. The third-order valence-corrected chi connectivity index (χ3v) is 6.78. The predicted octanol–water partition coefficient (Wildman–Crippen LogP) is 4.71. The van der Waals surface area contributed by atoms with E-state index in [0.717, 1.165) is 19.6 Å². The van der Waals surface area contributed by atoms with Crippen molar-refractivity contribution in [2.24, 2.45) is 22.7 Å². The van der Waals surface area contributed by atoms with Crippen LogP contribution in [0.1, 0.15) is 75.7 Å². The third kappa shape index (κ3) is 6.31. The second kappa shape index (κ2) is 10.2. The van der Waals surface area contributed by atoms with Crippen LogP contribution in [0, 0.1) is 22.7 Å². The first-order valence-electron chi connectivity index (χ1n) is 10.2. The smallest absolute Gasteiger partial charge is 0.141 e. The maximum atomic E-state index is 12.8. The zero-order valence-electron chi connectivity index (χ0n) is 19.3. The van der Waals surface area contributed by atoms with Crippen molar-refractivity contribution in [3.05, 3.63) is 0 Å². The van der Waals surface area contributed by atoms with Crippen molar-refractivity contribution < 1.29 is 14.3 Å². The van der Waals surface area contributed by atoms with Gasteiger partial charge < -0.3 is 14.8 Å². The Balaban J connectivity index is 4.79. The summed E-state index contributed by atoms with van der Waals surface area (Å²) in [5.41, 5.74) is -1.16. The van der Waals surface area contributed by atoms with Gasteiger partial charge in [0.15, 0.2) is 0 Å². The Hall–Kier alpha value is -0.450. The van der Waals surface area contributed by atoms with Gasteiger partial charge in [-0.3, -0.25) is 4.79 Å². The van der Waals surface area contributed by atoms with Gasteiger partial charge in [0.2, 0.25) is 0 Å². The summed E-state index contributed by atoms with van der Waals surface area (Å²) in [5.74, 6) is 0.742. The van der Waals surface area contributed by atoms with E-state index < -0.39 is 11.0 Å². The lowest BCUT2D eigenvalue weighted by Crippen LogP contribution is -2.54. The molecule has 0 aromatic carbocycles. The number of likely N-dealkylation sites (N-methyl/N-ethyl adjacent to an activating group) is 1. The second-order valence-electron chi connectivity index (χ2n) is 9.57. The molecule has 0 saturated carbocycles. The van der Waals surface area contributed by atoms with Crippen LogP contribution in [0.15, 0.2) is 0 Å². The van der Waals surface area contributed by atoms with Gasteiger partial charge in [-0.1, -0.05) is 48.5 Å². The second-order valence-corrected chi connectivity index (χ2v) is 9.57. The van der Waals surface area contributed by atoms with Gasteiger partial charge in [0.1, 0.15) is 5.78 Å². The fourth-order valence-electron chi connectivity index (χ4n) is 3.21. The Kier molecular flexibility index (Phi) is 10.0. The first-order chi connectivity index (χ1) is 11.7. The van der Waals surface area contributed by atoms with Crippen LogP contribution >= 0.6 is 0 Å². The highest BCUT2D eigenvalue weighted by atomic mass is 16.5. The SMILES string of the molecule is CNCCOC(C)C(C)CCOC(C)(C)C(C)(C)C(C)(C)C(=O)C(C)C. The van der Waals surface area contributed by atoms with Gasteiger partial charge in [0.05, 0.1) is 18.3 Å². The van der Waals surface area contributed by atoms with Crippen LogP contribution in [0.2, 0.25) is 0 Å². The fraction of sp³-hybridized carbons (Fsp3) is 0.955. The molecule has 0 fully saturated rings. The Morgan fingerprint density at radius 3 is 1.96 bits per heavy atom. The first-order valence-corrected chi connectivity index (χ1v) is 10.2. The summed E-state index contributed by atoms with van der Waals surface area (Å²) in [6.07, 6.45) is 1.15. The molecule has 0 radical (unpaired) electrons. The minimum atomic E-state index is -0.458. The predicted molar refractivity (Wildman–Crippen MR) is 111 cm³/mol. The molecule has 0 aliphatic heterocycles. The van der Waals surface area contributed by atoms with Crippen LogP contribution in [0.25, 0.3) is 0 Å². The number of hydrogen-bond acceptors (Lipinski definition) is 4. The van der Waals surface area contributed by atoms with Crippen LogP contribution < -0.4 is 5.32 Å². The fourth-order valence-corrected chi connectivity index (χ4v) is 3.21. The monoisotopic (exact) mass is 371 g/mol. The maximum absolute atomic E-state index is 12.8. The number of ketones is 1. The molecule has 0 amide bonds. The van der Waals surface area contributed by atoms with Gasteiger partial charge in [0.25, 0.3) is 0 Å². The van der Waals surface area contributed by atoms with Crippen molar-refractivity contribution in [1.29, 1.82) is 0 Å². The standard InChI is InChI=1S/C22H45NO3/c1-16(2)19(24)20(5,6)21(7,8)22(9,10)26-14-12-17(3)18(4)25-15-13-23-11/h16-18,23H,12-15H2,1-11H3. The summed E-state index contributed by atoms with van der Waals surface area (Å²) in [7, 11) is 1.93. The molecule has 0 aliphatic rings. The zero-order chi connectivity index (χ0) is 20.8. The van der Waals surface area contributed by atoms with E-state index >= 15 is 0 Å². The average Bonchev–Trinajstić information content (AvgIpc) is 2.53. The van der Waals surface area contributed by atoms with Crippen molar-refractivity contribution in [3.63, 3.8) is 0 Å². The molecule has 0 bridgehead atoms. The number of carbonyl (C=O) groups is 1. The molecule has 0 aromatic heterocycles. The Morgan fingerprint density at radius 1 is 0.962 bits per heavy atom. The Morgan fingerprint density at radius 2 is 1.50 bits per heavy atom. The van der Waals surface area contributed by atoms with E-state index in [2.05, 4.69) is 60.7 Å². The average molecular weight is 372 g/mol. The lowest BCUT2D eigenvalue weighted by Gasteiger charge is -2.51. The maximum Gasteiger partial charge on any atom is 0.141 e. The number of hydrogen-bond donors (Lipinski definition) is 1. The largest absolute Gasteiger partial charge is 0.377 e. The molecule has 0 aliphatic carbocycles. The highest BCUT2D eigenvalue weighted by Crippen LogP contribution is 2.49. The minimum Gasteiger partial charge on any atom is -0.377 e. The molecular formula is C22H45NO3. The summed E-state index contributed by atoms with van der Waals surface area (Å²) < 4.78 is 12.2. The van der Waals surface area contributed by atoms with Crippen LogP contribution in [0.4, 0.5) is 0 Å². The van der Waals surface area contributed by atoms with Gasteiger partial charge in [-0.2, -0.15) is 0 Å². The van der Waals surface area contributed by atoms with Gasteiger partial charge in [-0.25, -0.2) is 0 Å². The van der Waals surface area contributed by atoms with Crippen molar-refractivity contribution in [1.82, 2.24) is 5.32 Å². The molecule has 0 saturated heterocycles. The Labute approximate surface area is 162 Å². The highest BCUT2D eigenvalue weighted by Gasteiger charge is 2.52. The van der Waals surface area contributed by atoms with Crippen molar-refractivity contribution in [3.8, 4) is 0 Å². The quantitative estimate of drug-likeness (QED) is 0.476. The normalized spacial score (nSPS) is 16.0. The van der Waals surface area contributed by atoms with Crippen molar-refractivity contribution in [2.75, 3.05) is 26.8 Å². The molecule has 26 heavy (non-hydrogen) atoms. The molecule has 0 spiro atoms. The molecule has 2 unspecified atom stereocenters. The van der Waals surface area contributed by atoms with E-state index in [-0.39, 0.29) is 17.4 Å². The zero-order valence-corrected chi connectivity index (χ0v) is 19.3. The number of carbonyl (C=O) groups excluding carboxylic acids is 1. The molecule has 0 heterocycles. The third-order valence-electron chi connectivity index (χ3n) is 6.78. The van der Waals surface area contributed by atoms with E-state index in [4.69, 9.17) is 9.47 Å². The summed E-state index contributed by atoms with van der Waals surface area (Å²) >= 11 is 0. The molecule has 2 atom stereocenters. The van der Waals surface area contributed by atoms with Gasteiger partial charge >= 0.3 is 0 Å². The van der Waals surface area contributed by atoms with E-state index in [1.165, 1.54) is 0 Å². The minimum absolute atomic E-state index is 0.0238. The van der Waals surface area contributed by atoms with Crippen molar-refractivity contribution in [2.45, 2.75) is 87.4 Å². The molecule has 0 rings (SSSR count). The van der Waals surface area contributed by atoms with Crippen LogP contribution in [0.3, 0.4) is 0 Å². The molecule has 156 valence electrons. The summed E-state index contributed by atoms with van der Waals surface area (Å²) in [4.78, 5) is 12.8. The topological polar surface area (TPSA) is 47.6 Å². The van der Waals surface area contributed by atoms with Crippen LogP contribution in [-0.4, -0.2) is 44.3 Å². The van der Waals surface area contributed by atoms with E-state index in [9.17, 15) is 4.79 Å². The summed E-state index contributed by atoms with van der Waals surface area (Å²) in [5, 5.41) is 3.10. The van der Waals surface area contributed by atoms with E-state index in [0.29, 0.717) is 18.3 Å². The molecular weight excluding hydrogens is 326 g/mol. The lowest BCUT2D eigenvalue weighted by molar-refractivity contribution is -0.166. The molecule has 4 nitrogen and oxygen atoms in total. The van der Waals surface area contributed by atoms with E-state index in [1.54, 1.807) is 0 Å². The molecule has 4 heteroatoms. The molecule has 1 N–H and O–H groups in total. The molecule has 0 aromatic rings. The number of rotatable bonds is 13. The lowest BCUT2D eigenvalue weighted by atomic mass is 9.57. The van der Waals surface area contributed by atoms with Gasteiger partial charge in [0, 0.05) is 29.9 Å². The van der Waals surface area contributed by atoms with Gasteiger partial charge in [-0.05, 0) is 40.2 Å². The summed E-state index contributed by atoms with van der Waals surface area (Å²) in [6, 6.07) is 0. The number of ether oxygens (including phenoxy) is 2.